The van der Waals surface area contributed by atoms with Gasteiger partial charge in [-0.05, 0) is 31.6 Å². The lowest BCUT2D eigenvalue weighted by atomic mass is 9.83. The minimum atomic E-state index is 0.578. The largest absolute Gasteiger partial charge is 0.330 e. The van der Waals surface area contributed by atoms with Crippen molar-refractivity contribution in [3.63, 3.8) is 0 Å². The van der Waals surface area contributed by atoms with Crippen LogP contribution in [0, 0.1) is 5.92 Å². The molecule has 2 nitrogen and oxygen atoms in total. The molecule has 1 aromatic rings. The molecular formula is C13H21ClN2. The van der Waals surface area contributed by atoms with E-state index < -0.39 is 0 Å². The second-order valence-electron chi connectivity index (χ2n) is 4.89. The number of alkyl halides is 1. The monoisotopic (exact) mass is 240 g/mol. The molecule has 2 rings (SSSR count). The third-order valence-corrected chi connectivity index (χ3v) is 4.06. The van der Waals surface area contributed by atoms with Crippen LogP contribution in [-0.2, 0) is 5.88 Å². The number of nitrogens with zero attached hydrogens (tertiary/aromatic N) is 2. The summed E-state index contributed by atoms with van der Waals surface area (Å²) in [5.41, 5.74) is 1.17. The first-order valence-corrected chi connectivity index (χ1v) is 6.95. The van der Waals surface area contributed by atoms with Crippen LogP contribution in [0.5, 0.6) is 0 Å². The Bertz CT molecular complexity index is 313. The van der Waals surface area contributed by atoms with Gasteiger partial charge in [-0.25, -0.2) is 4.98 Å². The molecule has 16 heavy (non-hydrogen) atoms. The number of rotatable bonds is 4. The molecule has 3 heteroatoms. The predicted octanol–water partition coefficient (Wildman–Crippen LogP) is 4.15. The molecule has 0 atom stereocenters. The molecule has 0 bridgehead atoms. The fraction of sp³-hybridized carbons (Fsp3) is 0.769. The van der Waals surface area contributed by atoms with E-state index >= 15 is 0 Å². The summed E-state index contributed by atoms with van der Waals surface area (Å²) in [6, 6.07) is 0.643. The van der Waals surface area contributed by atoms with E-state index in [9.17, 15) is 0 Å². The second-order valence-corrected chi connectivity index (χ2v) is 5.16. The lowest BCUT2D eigenvalue weighted by Gasteiger charge is -2.30. The van der Waals surface area contributed by atoms with Crippen molar-refractivity contribution >= 4 is 11.6 Å². The molecular weight excluding hydrogens is 220 g/mol. The quantitative estimate of drug-likeness (QED) is 0.723. The van der Waals surface area contributed by atoms with Gasteiger partial charge in [0.25, 0.3) is 0 Å². The van der Waals surface area contributed by atoms with Gasteiger partial charge in [0.1, 0.15) is 0 Å². The lowest BCUT2D eigenvalue weighted by molar-refractivity contribution is 0.260. The SMILES string of the molecule is CCCC1CCC(n2cncc2CCl)CC1. The first kappa shape index (κ1) is 12.0. The van der Waals surface area contributed by atoms with Crippen LogP contribution in [-0.4, -0.2) is 9.55 Å². The number of hydrogen-bond donors (Lipinski definition) is 0. The van der Waals surface area contributed by atoms with Gasteiger partial charge in [0, 0.05) is 12.2 Å². The Morgan fingerprint density at radius 2 is 2.12 bits per heavy atom. The molecule has 1 aliphatic carbocycles. The number of halogens is 1. The van der Waals surface area contributed by atoms with Gasteiger partial charge in [-0.3, -0.25) is 0 Å². The van der Waals surface area contributed by atoms with Crippen LogP contribution in [0.4, 0.5) is 0 Å². The smallest absolute Gasteiger partial charge is 0.0951 e. The second kappa shape index (κ2) is 5.72. The van der Waals surface area contributed by atoms with Gasteiger partial charge in [0.2, 0.25) is 0 Å². The number of hydrogen-bond acceptors (Lipinski definition) is 1. The van der Waals surface area contributed by atoms with E-state index in [1.165, 1.54) is 44.2 Å². The zero-order valence-electron chi connectivity index (χ0n) is 10.0. The highest BCUT2D eigenvalue weighted by Crippen LogP contribution is 2.35. The molecule has 90 valence electrons. The summed E-state index contributed by atoms with van der Waals surface area (Å²) < 4.78 is 2.29. The maximum Gasteiger partial charge on any atom is 0.0951 e. The van der Waals surface area contributed by atoms with Gasteiger partial charge in [-0.2, -0.15) is 0 Å². The Kier molecular flexibility index (Phi) is 4.28. The average molecular weight is 241 g/mol. The standard InChI is InChI=1S/C13H21ClN2/c1-2-3-11-4-6-12(7-5-11)16-10-15-9-13(16)8-14/h9-12H,2-8H2,1H3. The average Bonchev–Trinajstić information content (AvgIpc) is 2.78. The van der Waals surface area contributed by atoms with Gasteiger partial charge in [0.05, 0.1) is 17.9 Å². The maximum absolute atomic E-state index is 5.91. The highest BCUT2D eigenvalue weighted by Gasteiger charge is 2.22. The van der Waals surface area contributed by atoms with Gasteiger partial charge in [-0.1, -0.05) is 19.8 Å². The third kappa shape index (κ3) is 2.60. The molecule has 1 heterocycles. The molecule has 0 spiro atoms. The number of aromatic nitrogens is 2. The summed E-state index contributed by atoms with van der Waals surface area (Å²) in [5.74, 6) is 1.54. The summed E-state index contributed by atoms with van der Waals surface area (Å²) in [4.78, 5) is 4.20. The summed E-state index contributed by atoms with van der Waals surface area (Å²) in [6.07, 6.45) is 11.9. The van der Waals surface area contributed by atoms with Crippen LogP contribution in [0.3, 0.4) is 0 Å². The van der Waals surface area contributed by atoms with E-state index in [2.05, 4.69) is 16.5 Å². The molecule has 1 saturated carbocycles. The molecule has 0 aliphatic heterocycles. The predicted molar refractivity (Wildman–Crippen MR) is 67.7 cm³/mol. The van der Waals surface area contributed by atoms with E-state index in [-0.39, 0.29) is 0 Å². The molecule has 0 unspecified atom stereocenters. The molecule has 0 radical (unpaired) electrons. The van der Waals surface area contributed by atoms with Crippen molar-refractivity contribution in [1.82, 2.24) is 9.55 Å². The van der Waals surface area contributed by atoms with E-state index in [1.807, 2.05) is 12.5 Å². The lowest BCUT2D eigenvalue weighted by Crippen LogP contribution is -2.18. The summed E-state index contributed by atoms with van der Waals surface area (Å²) in [6.45, 7) is 2.29. The van der Waals surface area contributed by atoms with Crippen molar-refractivity contribution < 1.29 is 0 Å². The third-order valence-electron chi connectivity index (χ3n) is 3.79. The van der Waals surface area contributed by atoms with Crippen molar-refractivity contribution in [2.75, 3.05) is 0 Å². The fourth-order valence-corrected chi connectivity index (χ4v) is 3.09. The van der Waals surface area contributed by atoms with E-state index in [0.717, 1.165) is 5.92 Å². The van der Waals surface area contributed by atoms with E-state index in [1.54, 1.807) is 0 Å². The van der Waals surface area contributed by atoms with Crippen LogP contribution in [0.15, 0.2) is 12.5 Å². The summed E-state index contributed by atoms with van der Waals surface area (Å²) >= 11 is 5.91. The van der Waals surface area contributed by atoms with Gasteiger partial charge < -0.3 is 4.57 Å². The Balaban J connectivity index is 1.93. The Hall–Kier alpha value is -0.500. The van der Waals surface area contributed by atoms with Crippen LogP contribution in [0.2, 0.25) is 0 Å². The minimum absolute atomic E-state index is 0.578. The topological polar surface area (TPSA) is 17.8 Å². The normalized spacial score (nSPS) is 25.9. The molecule has 1 fully saturated rings. The van der Waals surface area contributed by atoms with Crippen molar-refractivity contribution in [2.45, 2.75) is 57.4 Å². The summed E-state index contributed by atoms with van der Waals surface area (Å²) in [5, 5.41) is 0. The highest BCUT2D eigenvalue weighted by molar-refractivity contribution is 6.16. The van der Waals surface area contributed by atoms with Crippen molar-refractivity contribution in [3.8, 4) is 0 Å². The Morgan fingerprint density at radius 1 is 1.38 bits per heavy atom. The zero-order chi connectivity index (χ0) is 11.4. The highest BCUT2D eigenvalue weighted by atomic mass is 35.5. The van der Waals surface area contributed by atoms with Crippen LogP contribution in [0.1, 0.15) is 57.2 Å². The number of imidazole rings is 1. The van der Waals surface area contributed by atoms with Gasteiger partial charge >= 0.3 is 0 Å². The molecule has 0 N–H and O–H groups in total. The molecule has 1 aliphatic rings. The molecule has 0 saturated heterocycles. The Labute approximate surface area is 103 Å². The maximum atomic E-state index is 5.91. The minimum Gasteiger partial charge on any atom is -0.330 e. The van der Waals surface area contributed by atoms with Crippen molar-refractivity contribution in [2.24, 2.45) is 5.92 Å². The van der Waals surface area contributed by atoms with Gasteiger partial charge in [-0.15, -0.1) is 11.6 Å². The first-order valence-electron chi connectivity index (χ1n) is 6.41. The Morgan fingerprint density at radius 3 is 2.75 bits per heavy atom. The van der Waals surface area contributed by atoms with Crippen LogP contribution < -0.4 is 0 Å². The molecule has 0 aromatic carbocycles. The van der Waals surface area contributed by atoms with Crippen molar-refractivity contribution in [1.29, 1.82) is 0 Å². The molecule has 1 aromatic heterocycles. The zero-order valence-corrected chi connectivity index (χ0v) is 10.8. The summed E-state index contributed by atoms with van der Waals surface area (Å²) in [7, 11) is 0. The van der Waals surface area contributed by atoms with Crippen molar-refractivity contribution in [3.05, 3.63) is 18.2 Å². The first-order chi connectivity index (χ1) is 7.85. The van der Waals surface area contributed by atoms with Crippen LogP contribution in [0.25, 0.3) is 0 Å². The van der Waals surface area contributed by atoms with E-state index in [4.69, 9.17) is 11.6 Å². The van der Waals surface area contributed by atoms with Crippen LogP contribution >= 0.6 is 11.6 Å². The van der Waals surface area contributed by atoms with E-state index in [0.29, 0.717) is 11.9 Å². The van der Waals surface area contributed by atoms with Gasteiger partial charge in [0.15, 0.2) is 0 Å². The molecule has 0 amide bonds. The fourth-order valence-electron chi connectivity index (χ4n) is 2.88.